The van der Waals surface area contributed by atoms with Gasteiger partial charge in [0.2, 0.25) is 0 Å². The Hall–Kier alpha value is -0.520. The summed E-state index contributed by atoms with van der Waals surface area (Å²) in [5, 5.41) is 1.16. The highest BCUT2D eigenvalue weighted by Crippen LogP contribution is 2.32. The third-order valence-electron chi connectivity index (χ3n) is 4.66. The van der Waals surface area contributed by atoms with Gasteiger partial charge in [0.15, 0.2) is 0 Å². The largest absolute Gasteiger partial charge is 0.466 e. The quantitative estimate of drug-likeness (QED) is 0.473. The van der Waals surface area contributed by atoms with Crippen LogP contribution in [0.2, 0.25) is 10.0 Å². The van der Waals surface area contributed by atoms with Crippen molar-refractivity contribution >= 4 is 45.1 Å². The van der Waals surface area contributed by atoms with Crippen LogP contribution in [0.5, 0.6) is 0 Å². The molecule has 0 N–H and O–H groups in total. The summed E-state index contributed by atoms with van der Waals surface area (Å²) in [6.07, 6.45) is 4.57. The maximum atomic E-state index is 12.3. The summed E-state index contributed by atoms with van der Waals surface area (Å²) < 4.78 is 6.76. The Morgan fingerprint density at radius 3 is 2.54 bits per heavy atom. The summed E-state index contributed by atoms with van der Waals surface area (Å²) in [5.74, 6) is 0.460. The maximum Gasteiger partial charge on any atom is 0.308 e. The summed E-state index contributed by atoms with van der Waals surface area (Å²) in [6, 6.07) is 1.50. The van der Waals surface area contributed by atoms with E-state index < -0.39 is 0 Å². The Balaban J connectivity index is 1.96. The number of nitrogens with zero attached hydrogens (tertiary/aromatic N) is 1. The van der Waals surface area contributed by atoms with Gasteiger partial charge in [-0.25, -0.2) is 0 Å². The number of carbonyl (C=O) groups is 1. The number of alkyl halides is 1. The molecule has 0 unspecified atom stereocenters. The van der Waals surface area contributed by atoms with Crippen molar-refractivity contribution in [2.75, 3.05) is 6.61 Å². The number of hydrogen-bond donors (Lipinski definition) is 0. The van der Waals surface area contributed by atoms with Crippen LogP contribution >= 0.6 is 39.1 Å². The second-order valence-electron chi connectivity index (χ2n) is 6.14. The molecule has 1 saturated carbocycles. The minimum atomic E-state index is -0.198. The molecule has 1 aromatic rings. The van der Waals surface area contributed by atoms with Crippen molar-refractivity contribution in [2.45, 2.75) is 50.9 Å². The van der Waals surface area contributed by atoms with E-state index in [2.05, 4.69) is 15.9 Å². The monoisotopic (exact) mass is 437 g/mol. The van der Waals surface area contributed by atoms with Crippen molar-refractivity contribution in [1.82, 2.24) is 4.57 Å². The molecule has 1 fully saturated rings. The maximum absolute atomic E-state index is 12.3. The van der Waals surface area contributed by atoms with Gasteiger partial charge in [0, 0.05) is 11.9 Å². The van der Waals surface area contributed by atoms with Crippen LogP contribution in [0.1, 0.15) is 44.7 Å². The molecule has 1 aliphatic rings. The molecule has 2 rings (SSSR count). The zero-order valence-corrected chi connectivity index (χ0v) is 16.8. The third kappa shape index (κ3) is 4.77. The molecular weight excluding hydrogens is 417 g/mol. The van der Waals surface area contributed by atoms with Gasteiger partial charge in [-0.15, -0.1) is 0 Å². The molecule has 0 atom stereocenters. The zero-order chi connectivity index (χ0) is 17.7. The van der Waals surface area contributed by atoms with Crippen molar-refractivity contribution in [3.63, 3.8) is 0 Å². The van der Waals surface area contributed by atoms with Crippen LogP contribution in [0.25, 0.3) is 0 Å². The lowest BCUT2D eigenvalue weighted by molar-refractivity contribution is -0.149. The molecule has 1 heterocycles. The zero-order valence-electron chi connectivity index (χ0n) is 13.7. The number of aromatic nitrogens is 1. The van der Waals surface area contributed by atoms with Gasteiger partial charge in [0.05, 0.1) is 23.2 Å². The molecule has 0 bridgehead atoms. The van der Waals surface area contributed by atoms with Gasteiger partial charge < -0.3 is 9.30 Å². The van der Waals surface area contributed by atoms with Crippen molar-refractivity contribution in [3.05, 3.63) is 32.2 Å². The minimum Gasteiger partial charge on any atom is -0.466 e. The van der Waals surface area contributed by atoms with Crippen molar-refractivity contribution < 1.29 is 9.53 Å². The highest BCUT2D eigenvalue weighted by Gasteiger charge is 2.27. The van der Waals surface area contributed by atoms with Gasteiger partial charge in [-0.05, 0) is 51.0 Å². The van der Waals surface area contributed by atoms with Crippen molar-refractivity contribution in [3.8, 4) is 0 Å². The van der Waals surface area contributed by atoms with E-state index in [1.165, 1.54) is 6.07 Å². The van der Waals surface area contributed by atoms with Gasteiger partial charge in [-0.2, -0.15) is 0 Å². The van der Waals surface area contributed by atoms with Crippen molar-refractivity contribution in [1.29, 1.82) is 0 Å². The SMILES string of the molecule is CCOC(=O)[C@H]1CC[C@H](CCn2c(CBr)c(Cl)cc(Cl)c2=O)CC1. The number of ether oxygens (including phenoxy) is 1. The normalized spacial score (nSPS) is 20.8. The van der Waals surface area contributed by atoms with E-state index in [4.69, 9.17) is 27.9 Å². The van der Waals surface area contributed by atoms with Gasteiger partial charge in [-0.1, -0.05) is 39.1 Å². The van der Waals surface area contributed by atoms with Crippen LogP contribution in [-0.4, -0.2) is 17.1 Å². The number of halogens is 3. The number of rotatable bonds is 6. The van der Waals surface area contributed by atoms with E-state index >= 15 is 0 Å². The molecule has 1 aliphatic carbocycles. The van der Waals surface area contributed by atoms with Crippen LogP contribution in [-0.2, 0) is 21.4 Å². The highest BCUT2D eigenvalue weighted by atomic mass is 79.9. The van der Waals surface area contributed by atoms with Gasteiger partial charge in [0.25, 0.3) is 5.56 Å². The molecule has 24 heavy (non-hydrogen) atoms. The van der Waals surface area contributed by atoms with Gasteiger partial charge >= 0.3 is 5.97 Å². The van der Waals surface area contributed by atoms with E-state index in [9.17, 15) is 9.59 Å². The molecule has 0 amide bonds. The van der Waals surface area contributed by atoms with Crippen molar-refractivity contribution in [2.24, 2.45) is 11.8 Å². The average Bonchev–Trinajstić information content (AvgIpc) is 2.57. The average molecular weight is 439 g/mol. The first-order valence-electron chi connectivity index (χ1n) is 8.28. The highest BCUT2D eigenvalue weighted by molar-refractivity contribution is 9.08. The molecule has 0 aromatic carbocycles. The van der Waals surface area contributed by atoms with Crippen LogP contribution in [0.3, 0.4) is 0 Å². The van der Waals surface area contributed by atoms with Gasteiger partial charge in [-0.3, -0.25) is 9.59 Å². The Bertz CT molecular complexity index is 639. The fourth-order valence-electron chi connectivity index (χ4n) is 3.27. The number of hydrogen-bond acceptors (Lipinski definition) is 3. The second kappa shape index (κ2) is 9.25. The third-order valence-corrected chi connectivity index (χ3v) is 5.79. The smallest absolute Gasteiger partial charge is 0.308 e. The van der Waals surface area contributed by atoms with E-state index in [0.29, 0.717) is 29.4 Å². The first-order chi connectivity index (χ1) is 11.5. The van der Waals surface area contributed by atoms with Crippen LogP contribution < -0.4 is 5.56 Å². The first-order valence-corrected chi connectivity index (χ1v) is 10.2. The Labute approximate surface area is 160 Å². The Kier molecular flexibility index (Phi) is 7.63. The lowest BCUT2D eigenvalue weighted by Gasteiger charge is -2.27. The molecule has 0 spiro atoms. The molecule has 134 valence electrons. The Morgan fingerprint density at radius 2 is 1.96 bits per heavy atom. The lowest BCUT2D eigenvalue weighted by atomic mass is 9.80. The van der Waals surface area contributed by atoms with E-state index in [-0.39, 0.29) is 22.5 Å². The number of esters is 1. The summed E-state index contributed by atoms with van der Waals surface area (Å²) in [4.78, 5) is 24.1. The molecule has 1 aromatic heterocycles. The summed E-state index contributed by atoms with van der Waals surface area (Å²) in [5.41, 5.74) is 0.557. The number of pyridine rings is 1. The standard InChI is InChI=1S/C17H22BrCl2NO3/c1-2-24-17(23)12-5-3-11(4-6-12)7-8-21-15(10-18)13(19)9-14(20)16(21)22/h9,11-12H,2-8,10H2,1H3/t11-,12-. The molecule has 0 radical (unpaired) electrons. The van der Waals surface area contributed by atoms with E-state index in [0.717, 1.165) is 37.8 Å². The number of carbonyl (C=O) groups excluding carboxylic acids is 1. The van der Waals surface area contributed by atoms with E-state index in [1.807, 2.05) is 6.92 Å². The van der Waals surface area contributed by atoms with Crippen LogP contribution in [0.15, 0.2) is 10.9 Å². The Morgan fingerprint density at radius 1 is 1.29 bits per heavy atom. The van der Waals surface area contributed by atoms with Crippen LogP contribution in [0, 0.1) is 11.8 Å². The molecular formula is C17H22BrCl2NO3. The summed E-state index contributed by atoms with van der Waals surface area (Å²) >= 11 is 15.5. The topological polar surface area (TPSA) is 48.3 Å². The van der Waals surface area contributed by atoms with Gasteiger partial charge in [0.1, 0.15) is 5.02 Å². The predicted molar refractivity (Wildman–Crippen MR) is 100 cm³/mol. The summed E-state index contributed by atoms with van der Waals surface area (Å²) in [6.45, 7) is 2.86. The lowest BCUT2D eigenvalue weighted by Crippen LogP contribution is -2.27. The molecule has 4 nitrogen and oxygen atoms in total. The molecule has 0 aliphatic heterocycles. The second-order valence-corrected chi connectivity index (χ2v) is 7.51. The molecule has 7 heteroatoms. The fraction of sp³-hybridized carbons (Fsp3) is 0.647. The predicted octanol–water partition coefficient (Wildman–Crippen LogP) is 4.81. The minimum absolute atomic E-state index is 0.0302. The summed E-state index contributed by atoms with van der Waals surface area (Å²) in [7, 11) is 0. The first kappa shape index (κ1) is 19.8. The van der Waals surface area contributed by atoms with E-state index in [1.54, 1.807) is 4.57 Å². The van der Waals surface area contributed by atoms with Crippen LogP contribution in [0.4, 0.5) is 0 Å². The molecule has 0 saturated heterocycles. The fourth-order valence-corrected chi connectivity index (χ4v) is 4.58.